The molecule has 0 N–H and O–H groups in total. The Kier molecular flexibility index (Phi) is 5.53. The molecule has 0 radical (unpaired) electrons. The summed E-state index contributed by atoms with van der Waals surface area (Å²) in [7, 11) is 0. The molecule has 2 saturated heterocycles. The average molecular weight is 383 g/mol. The Labute approximate surface area is 163 Å². The number of cyclic esters (lactones) is 1. The fourth-order valence-electron chi connectivity index (χ4n) is 3.37. The molecule has 0 bridgehead atoms. The number of halogens is 1. The maximum atomic E-state index is 14.6. The van der Waals surface area contributed by atoms with Gasteiger partial charge in [0, 0.05) is 19.3 Å². The second-order valence-corrected chi connectivity index (χ2v) is 6.76. The number of benzene rings is 2. The summed E-state index contributed by atoms with van der Waals surface area (Å²) in [5, 5.41) is 0. The Morgan fingerprint density at radius 2 is 1.93 bits per heavy atom. The highest BCUT2D eigenvalue weighted by Gasteiger charge is 2.32. The van der Waals surface area contributed by atoms with Crippen molar-refractivity contribution in [1.29, 1.82) is 0 Å². The standard InChI is InChI=1S/C21H22FN3O3/c22-19-12-17(6-7-20(19)24-8-10-27-11-9-24)25-15-18(28-21(25)26)14-23-13-16-4-2-1-3-5-16/h1-7,12-13,18H,8-11,14-15H2. The van der Waals surface area contributed by atoms with Gasteiger partial charge in [-0.25, -0.2) is 9.18 Å². The molecule has 2 aromatic rings. The van der Waals surface area contributed by atoms with Crippen LogP contribution in [0.4, 0.5) is 20.6 Å². The van der Waals surface area contributed by atoms with E-state index in [0.29, 0.717) is 50.8 Å². The highest BCUT2D eigenvalue weighted by atomic mass is 19.1. The Bertz CT molecular complexity index is 853. The van der Waals surface area contributed by atoms with Gasteiger partial charge in [-0.15, -0.1) is 0 Å². The van der Waals surface area contributed by atoms with Gasteiger partial charge in [-0.3, -0.25) is 9.89 Å². The predicted octanol–water partition coefficient (Wildman–Crippen LogP) is 3.11. The van der Waals surface area contributed by atoms with Crippen molar-refractivity contribution < 1.29 is 18.7 Å². The maximum absolute atomic E-state index is 14.6. The van der Waals surface area contributed by atoms with Crippen LogP contribution in [0.5, 0.6) is 0 Å². The van der Waals surface area contributed by atoms with E-state index >= 15 is 0 Å². The summed E-state index contributed by atoms with van der Waals surface area (Å²) in [6.45, 7) is 3.20. The minimum atomic E-state index is -0.474. The first-order valence-electron chi connectivity index (χ1n) is 9.36. The highest BCUT2D eigenvalue weighted by Crippen LogP contribution is 2.28. The quantitative estimate of drug-likeness (QED) is 0.745. The van der Waals surface area contributed by atoms with Crippen molar-refractivity contribution in [3.8, 4) is 0 Å². The molecule has 0 aliphatic carbocycles. The molecule has 4 rings (SSSR count). The minimum Gasteiger partial charge on any atom is -0.442 e. The number of carbonyl (C=O) groups is 1. The van der Waals surface area contributed by atoms with E-state index in [1.807, 2.05) is 35.2 Å². The zero-order valence-electron chi connectivity index (χ0n) is 15.5. The third kappa shape index (κ3) is 4.14. The predicted molar refractivity (Wildman–Crippen MR) is 106 cm³/mol. The van der Waals surface area contributed by atoms with E-state index in [1.165, 1.54) is 11.0 Å². The molecular weight excluding hydrogens is 361 g/mol. The van der Waals surface area contributed by atoms with Crippen LogP contribution in [0.1, 0.15) is 5.56 Å². The van der Waals surface area contributed by atoms with Gasteiger partial charge in [-0.1, -0.05) is 30.3 Å². The molecule has 2 aliphatic rings. The van der Waals surface area contributed by atoms with E-state index in [-0.39, 0.29) is 11.9 Å². The van der Waals surface area contributed by atoms with Gasteiger partial charge >= 0.3 is 6.09 Å². The van der Waals surface area contributed by atoms with Crippen molar-refractivity contribution in [3.63, 3.8) is 0 Å². The number of rotatable bonds is 5. The van der Waals surface area contributed by atoms with Crippen molar-refractivity contribution in [1.82, 2.24) is 0 Å². The van der Waals surface area contributed by atoms with Gasteiger partial charge < -0.3 is 14.4 Å². The topological polar surface area (TPSA) is 54.4 Å². The second kappa shape index (κ2) is 8.39. The first kappa shape index (κ1) is 18.4. The van der Waals surface area contributed by atoms with Crippen molar-refractivity contribution >= 4 is 23.7 Å². The molecule has 2 aromatic carbocycles. The number of ether oxygens (including phenoxy) is 2. The Balaban J connectivity index is 1.39. The number of amides is 1. The number of nitrogens with zero attached hydrogens (tertiary/aromatic N) is 3. The average Bonchev–Trinajstić information content (AvgIpc) is 3.10. The molecule has 0 aromatic heterocycles. The number of hydrogen-bond acceptors (Lipinski definition) is 5. The molecule has 1 unspecified atom stereocenters. The summed E-state index contributed by atoms with van der Waals surface area (Å²) in [4.78, 5) is 20.0. The minimum absolute atomic E-state index is 0.349. The molecule has 0 saturated carbocycles. The molecular formula is C21H22FN3O3. The monoisotopic (exact) mass is 383 g/mol. The summed E-state index contributed by atoms with van der Waals surface area (Å²) in [6.07, 6.45) is 0.931. The second-order valence-electron chi connectivity index (χ2n) is 6.76. The lowest BCUT2D eigenvalue weighted by molar-refractivity contribution is 0.122. The van der Waals surface area contributed by atoms with Gasteiger partial charge in [0.25, 0.3) is 0 Å². The van der Waals surface area contributed by atoms with Gasteiger partial charge in [0.05, 0.1) is 37.7 Å². The van der Waals surface area contributed by atoms with Crippen molar-refractivity contribution in [3.05, 3.63) is 59.9 Å². The van der Waals surface area contributed by atoms with Crippen molar-refractivity contribution in [2.75, 3.05) is 49.2 Å². The van der Waals surface area contributed by atoms with E-state index in [0.717, 1.165) is 5.56 Å². The van der Waals surface area contributed by atoms with Gasteiger partial charge in [0.2, 0.25) is 0 Å². The van der Waals surface area contributed by atoms with Crippen LogP contribution in [0.15, 0.2) is 53.5 Å². The van der Waals surface area contributed by atoms with Crippen molar-refractivity contribution in [2.24, 2.45) is 4.99 Å². The summed E-state index contributed by atoms with van der Waals surface area (Å²) in [5.74, 6) is -0.349. The van der Waals surface area contributed by atoms with Crippen LogP contribution in [0.2, 0.25) is 0 Å². The largest absolute Gasteiger partial charge is 0.442 e. The molecule has 7 heteroatoms. The summed E-state index contributed by atoms with van der Waals surface area (Å²) in [5.41, 5.74) is 2.02. The fraction of sp³-hybridized carbons (Fsp3) is 0.333. The molecule has 0 spiro atoms. The van der Waals surface area contributed by atoms with Gasteiger partial charge in [-0.05, 0) is 23.8 Å². The normalized spacial score (nSPS) is 20.0. The third-order valence-electron chi connectivity index (χ3n) is 4.82. The van der Waals surface area contributed by atoms with Crippen LogP contribution in [0.3, 0.4) is 0 Å². The summed E-state index contributed by atoms with van der Waals surface area (Å²) >= 11 is 0. The molecule has 2 aliphatic heterocycles. The van der Waals surface area contributed by atoms with E-state index in [2.05, 4.69) is 4.99 Å². The molecule has 1 atom stereocenters. The Morgan fingerprint density at radius 1 is 1.14 bits per heavy atom. The number of carbonyl (C=O) groups excluding carboxylic acids is 1. The highest BCUT2D eigenvalue weighted by molar-refractivity contribution is 5.90. The van der Waals surface area contributed by atoms with Crippen molar-refractivity contribution in [2.45, 2.75) is 6.10 Å². The Morgan fingerprint density at radius 3 is 2.68 bits per heavy atom. The zero-order chi connectivity index (χ0) is 19.3. The maximum Gasteiger partial charge on any atom is 0.414 e. The molecule has 28 heavy (non-hydrogen) atoms. The van der Waals surface area contributed by atoms with Gasteiger partial charge in [-0.2, -0.15) is 0 Å². The molecule has 1 amide bonds. The Hall–Kier alpha value is -2.93. The van der Waals surface area contributed by atoms with Crippen LogP contribution in [0.25, 0.3) is 0 Å². The van der Waals surface area contributed by atoms with Crippen LogP contribution >= 0.6 is 0 Å². The van der Waals surface area contributed by atoms with Gasteiger partial charge in [0.15, 0.2) is 0 Å². The third-order valence-corrected chi connectivity index (χ3v) is 4.82. The first-order chi connectivity index (χ1) is 13.7. The number of hydrogen-bond donors (Lipinski definition) is 0. The van der Waals surface area contributed by atoms with E-state index < -0.39 is 6.09 Å². The summed E-state index contributed by atoms with van der Waals surface area (Å²) in [6, 6.07) is 14.6. The van der Waals surface area contributed by atoms with Crippen LogP contribution < -0.4 is 9.80 Å². The van der Waals surface area contributed by atoms with Crippen LogP contribution in [-0.2, 0) is 9.47 Å². The lowest BCUT2D eigenvalue weighted by Gasteiger charge is -2.29. The van der Waals surface area contributed by atoms with Crippen LogP contribution in [0, 0.1) is 5.82 Å². The SMILES string of the molecule is O=C1OC(CN=Cc2ccccc2)CN1c1ccc(N2CCOCC2)c(F)c1. The molecule has 6 nitrogen and oxygen atoms in total. The van der Waals surface area contributed by atoms with Crippen LogP contribution in [-0.4, -0.2) is 57.8 Å². The zero-order valence-corrected chi connectivity index (χ0v) is 15.5. The lowest BCUT2D eigenvalue weighted by Crippen LogP contribution is -2.36. The fourth-order valence-corrected chi connectivity index (χ4v) is 3.37. The number of morpholine rings is 1. The number of aliphatic imine (C=N–C) groups is 1. The van der Waals surface area contributed by atoms with Gasteiger partial charge in [0.1, 0.15) is 11.9 Å². The molecule has 2 fully saturated rings. The molecule has 146 valence electrons. The summed E-state index contributed by atoms with van der Waals surface area (Å²) < 4.78 is 25.3. The van der Waals surface area contributed by atoms with E-state index in [4.69, 9.17) is 9.47 Å². The van der Waals surface area contributed by atoms with E-state index in [9.17, 15) is 9.18 Å². The number of anilines is 2. The first-order valence-corrected chi connectivity index (χ1v) is 9.36. The molecule has 2 heterocycles. The smallest absolute Gasteiger partial charge is 0.414 e. The lowest BCUT2D eigenvalue weighted by atomic mass is 10.2. The van der Waals surface area contributed by atoms with E-state index in [1.54, 1.807) is 18.3 Å².